The molecule has 0 aliphatic heterocycles. The Kier molecular flexibility index (Phi) is 4.79. The number of aryl methyl sites for hydroxylation is 1. The van der Waals surface area contributed by atoms with Crippen molar-refractivity contribution in [3.05, 3.63) is 37.7 Å². The SMILES string of the molecule is Cc1cc(Br)c(Nc2nc(C(N)C(=O)O)cs2)c(Br)c1. The third-order valence-electron chi connectivity index (χ3n) is 2.53. The van der Waals surface area contributed by atoms with E-state index in [4.69, 9.17) is 10.8 Å². The topological polar surface area (TPSA) is 88.2 Å². The van der Waals surface area contributed by atoms with E-state index in [9.17, 15) is 4.79 Å². The van der Waals surface area contributed by atoms with E-state index in [-0.39, 0.29) is 0 Å². The van der Waals surface area contributed by atoms with Gasteiger partial charge in [0, 0.05) is 14.3 Å². The van der Waals surface area contributed by atoms with Gasteiger partial charge in [0.1, 0.15) is 6.04 Å². The minimum absolute atomic E-state index is 0.337. The fourth-order valence-electron chi connectivity index (χ4n) is 1.54. The summed E-state index contributed by atoms with van der Waals surface area (Å²) >= 11 is 8.26. The number of nitrogens with two attached hydrogens (primary N) is 1. The maximum absolute atomic E-state index is 10.8. The minimum Gasteiger partial charge on any atom is -0.480 e. The van der Waals surface area contributed by atoms with Crippen LogP contribution in [0.1, 0.15) is 17.3 Å². The molecule has 1 aromatic carbocycles. The predicted octanol–water partition coefficient (Wildman–Crippen LogP) is 3.80. The van der Waals surface area contributed by atoms with Crippen molar-refractivity contribution >= 4 is 60.0 Å². The van der Waals surface area contributed by atoms with Crippen LogP contribution in [-0.4, -0.2) is 16.1 Å². The van der Waals surface area contributed by atoms with E-state index in [1.807, 2.05) is 19.1 Å². The van der Waals surface area contributed by atoms with Crippen molar-refractivity contribution in [2.45, 2.75) is 13.0 Å². The van der Waals surface area contributed by atoms with Crippen molar-refractivity contribution < 1.29 is 9.90 Å². The van der Waals surface area contributed by atoms with Crippen molar-refractivity contribution in [2.24, 2.45) is 5.73 Å². The zero-order chi connectivity index (χ0) is 14.9. The molecule has 1 atom stereocenters. The number of carboxylic acid groups (broad SMARTS) is 1. The monoisotopic (exact) mass is 419 g/mol. The van der Waals surface area contributed by atoms with Crippen LogP contribution in [0.5, 0.6) is 0 Å². The number of carboxylic acids is 1. The number of nitrogens with one attached hydrogen (secondary N) is 1. The van der Waals surface area contributed by atoms with Crippen LogP contribution in [0.4, 0.5) is 10.8 Å². The van der Waals surface area contributed by atoms with Gasteiger partial charge in [-0.05, 0) is 56.5 Å². The van der Waals surface area contributed by atoms with E-state index in [1.165, 1.54) is 11.3 Å². The first-order valence-corrected chi connectivity index (χ1v) is 8.01. The Bertz CT molecular complexity index is 637. The second-order valence-electron chi connectivity index (χ2n) is 4.12. The number of hydrogen-bond acceptors (Lipinski definition) is 5. The quantitative estimate of drug-likeness (QED) is 0.699. The van der Waals surface area contributed by atoms with Crippen molar-refractivity contribution in [2.75, 3.05) is 5.32 Å². The number of aliphatic carboxylic acids is 1. The van der Waals surface area contributed by atoms with Gasteiger partial charge in [0.15, 0.2) is 5.13 Å². The van der Waals surface area contributed by atoms with Gasteiger partial charge in [0.05, 0.1) is 11.4 Å². The zero-order valence-corrected chi connectivity index (χ0v) is 14.3. The van der Waals surface area contributed by atoms with Gasteiger partial charge in [-0.1, -0.05) is 0 Å². The molecule has 20 heavy (non-hydrogen) atoms. The first-order chi connectivity index (χ1) is 9.38. The van der Waals surface area contributed by atoms with Crippen LogP contribution in [0.3, 0.4) is 0 Å². The summed E-state index contributed by atoms with van der Waals surface area (Å²) in [5, 5.41) is 14.2. The van der Waals surface area contributed by atoms with Gasteiger partial charge in [-0.2, -0.15) is 0 Å². The second kappa shape index (κ2) is 6.21. The molecule has 0 fully saturated rings. The molecule has 0 aliphatic rings. The van der Waals surface area contributed by atoms with E-state index in [0.29, 0.717) is 10.8 Å². The van der Waals surface area contributed by atoms with Crippen LogP contribution >= 0.6 is 43.2 Å². The lowest BCUT2D eigenvalue weighted by Gasteiger charge is -2.09. The molecule has 2 aromatic rings. The molecule has 2 rings (SSSR count). The maximum atomic E-state index is 10.8. The van der Waals surface area contributed by atoms with Gasteiger partial charge in [0.2, 0.25) is 0 Å². The minimum atomic E-state index is -1.10. The summed E-state index contributed by atoms with van der Waals surface area (Å²) in [7, 11) is 0. The Morgan fingerprint density at radius 2 is 2.05 bits per heavy atom. The molecule has 0 saturated heterocycles. The van der Waals surface area contributed by atoms with Crippen LogP contribution in [0, 0.1) is 6.92 Å². The molecule has 0 aliphatic carbocycles. The lowest BCUT2D eigenvalue weighted by atomic mass is 10.2. The highest BCUT2D eigenvalue weighted by Crippen LogP contribution is 2.35. The molecular weight excluding hydrogens is 410 g/mol. The van der Waals surface area contributed by atoms with Crippen molar-refractivity contribution in [3.63, 3.8) is 0 Å². The van der Waals surface area contributed by atoms with E-state index in [2.05, 4.69) is 42.2 Å². The normalized spacial score (nSPS) is 12.2. The van der Waals surface area contributed by atoms with Gasteiger partial charge in [-0.3, -0.25) is 4.79 Å². The average molecular weight is 421 g/mol. The number of thiazole rings is 1. The van der Waals surface area contributed by atoms with Gasteiger partial charge >= 0.3 is 5.97 Å². The van der Waals surface area contributed by atoms with E-state index < -0.39 is 12.0 Å². The average Bonchev–Trinajstić information content (AvgIpc) is 2.81. The fourth-order valence-corrected chi connectivity index (χ4v) is 3.90. The number of rotatable bonds is 4. The summed E-state index contributed by atoms with van der Waals surface area (Å²) in [6.45, 7) is 1.99. The van der Waals surface area contributed by atoms with E-state index in [1.54, 1.807) is 5.38 Å². The summed E-state index contributed by atoms with van der Waals surface area (Å²) < 4.78 is 1.78. The molecular formula is C12H11Br2N3O2S. The summed E-state index contributed by atoms with van der Waals surface area (Å²) in [4.78, 5) is 15.0. The molecule has 8 heteroatoms. The number of benzene rings is 1. The van der Waals surface area contributed by atoms with Gasteiger partial charge in [-0.15, -0.1) is 11.3 Å². The molecule has 0 amide bonds. The van der Waals surface area contributed by atoms with Gasteiger partial charge in [0.25, 0.3) is 0 Å². The first kappa shape index (κ1) is 15.4. The molecule has 4 N–H and O–H groups in total. The predicted molar refractivity (Wildman–Crippen MR) is 86.5 cm³/mol. The number of halogens is 2. The molecule has 0 bridgehead atoms. The Morgan fingerprint density at radius 3 is 2.60 bits per heavy atom. The van der Waals surface area contributed by atoms with E-state index >= 15 is 0 Å². The standard InChI is InChI=1S/C12H11Br2N3O2S/c1-5-2-6(13)10(7(14)3-5)17-12-16-8(4-20-12)9(15)11(18)19/h2-4,9H,15H2,1H3,(H,16,17)(H,18,19). The summed E-state index contributed by atoms with van der Waals surface area (Å²) in [6.07, 6.45) is 0. The maximum Gasteiger partial charge on any atom is 0.326 e. The summed E-state index contributed by atoms with van der Waals surface area (Å²) in [6, 6.07) is 2.85. The van der Waals surface area contributed by atoms with E-state index in [0.717, 1.165) is 20.2 Å². The number of nitrogens with zero attached hydrogens (tertiary/aromatic N) is 1. The third-order valence-corrected chi connectivity index (χ3v) is 4.55. The molecule has 0 spiro atoms. The van der Waals surface area contributed by atoms with Crippen LogP contribution in [0.25, 0.3) is 0 Å². The lowest BCUT2D eigenvalue weighted by molar-refractivity contribution is -0.138. The number of anilines is 2. The number of carbonyl (C=O) groups is 1. The molecule has 106 valence electrons. The molecule has 0 saturated carbocycles. The van der Waals surface area contributed by atoms with Crippen LogP contribution in [0.15, 0.2) is 26.5 Å². The molecule has 5 nitrogen and oxygen atoms in total. The molecule has 1 unspecified atom stereocenters. The Balaban J connectivity index is 2.25. The highest BCUT2D eigenvalue weighted by molar-refractivity contribution is 9.11. The van der Waals surface area contributed by atoms with Crippen molar-refractivity contribution in [1.82, 2.24) is 4.98 Å². The van der Waals surface area contributed by atoms with Gasteiger partial charge < -0.3 is 16.2 Å². The van der Waals surface area contributed by atoms with Crippen LogP contribution in [0.2, 0.25) is 0 Å². The van der Waals surface area contributed by atoms with Crippen molar-refractivity contribution in [1.29, 1.82) is 0 Å². The second-order valence-corrected chi connectivity index (χ2v) is 6.69. The first-order valence-electron chi connectivity index (χ1n) is 5.55. The number of hydrogen-bond donors (Lipinski definition) is 3. The largest absolute Gasteiger partial charge is 0.480 e. The summed E-state index contributed by atoms with van der Waals surface area (Å²) in [5.41, 5.74) is 7.81. The summed E-state index contributed by atoms with van der Waals surface area (Å²) in [5.74, 6) is -1.10. The van der Waals surface area contributed by atoms with Crippen LogP contribution in [-0.2, 0) is 4.79 Å². The van der Waals surface area contributed by atoms with Gasteiger partial charge in [-0.25, -0.2) is 4.98 Å². The Hall–Kier alpha value is -0.960. The Labute approximate surface area is 136 Å². The lowest BCUT2D eigenvalue weighted by Crippen LogP contribution is -2.20. The highest BCUT2D eigenvalue weighted by Gasteiger charge is 2.18. The Morgan fingerprint density at radius 1 is 1.45 bits per heavy atom. The third kappa shape index (κ3) is 3.38. The zero-order valence-electron chi connectivity index (χ0n) is 10.4. The fraction of sp³-hybridized carbons (Fsp3) is 0.167. The highest BCUT2D eigenvalue weighted by atomic mass is 79.9. The van der Waals surface area contributed by atoms with Crippen LogP contribution < -0.4 is 11.1 Å². The van der Waals surface area contributed by atoms with Crippen molar-refractivity contribution in [3.8, 4) is 0 Å². The molecule has 1 heterocycles. The smallest absolute Gasteiger partial charge is 0.326 e. The molecule has 0 radical (unpaired) electrons. The number of aromatic nitrogens is 1. The molecule has 1 aromatic heterocycles.